The van der Waals surface area contributed by atoms with E-state index in [1.54, 1.807) is 18.3 Å². The van der Waals surface area contributed by atoms with Gasteiger partial charge in [-0.05, 0) is 36.8 Å². The van der Waals surface area contributed by atoms with E-state index in [2.05, 4.69) is 4.98 Å². The van der Waals surface area contributed by atoms with Crippen LogP contribution >= 0.6 is 0 Å². The lowest BCUT2D eigenvalue weighted by Crippen LogP contribution is -2.14. The van der Waals surface area contributed by atoms with Crippen LogP contribution in [0.4, 0.5) is 4.39 Å². The Bertz CT molecular complexity index is 824. The van der Waals surface area contributed by atoms with E-state index < -0.39 is 0 Å². The lowest BCUT2D eigenvalue weighted by Gasteiger charge is -2.05. The van der Waals surface area contributed by atoms with Crippen LogP contribution in [0, 0.1) is 12.7 Å². The predicted molar refractivity (Wildman–Crippen MR) is 71.6 cm³/mol. The Morgan fingerprint density at radius 3 is 2.79 bits per heavy atom. The molecule has 0 saturated carbocycles. The molecule has 2 heterocycles. The fourth-order valence-electron chi connectivity index (χ4n) is 2.00. The second-order valence-corrected chi connectivity index (χ2v) is 4.42. The summed E-state index contributed by atoms with van der Waals surface area (Å²) in [5, 5.41) is 0. The fraction of sp³-hybridized carbons (Fsp3) is 0.0667. The number of rotatable bonds is 1. The van der Waals surface area contributed by atoms with Crippen molar-refractivity contribution in [3.05, 3.63) is 70.4 Å². The number of nitrogens with zero attached hydrogens (tertiary/aromatic N) is 2. The highest BCUT2D eigenvalue weighted by Crippen LogP contribution is 2.17. The van der Waals surface area contributed by atoms with Crippen molar-refractivity contribution in [2.75, 3.05) is 0 Å². The summed E-state index contributed by atoms with van der Waals surface area (Å²) >= 11 is 0. The molecule has 0 unspecified atom stereocenters. The number of aryl methyl sites for hydroxylation is 1. The van der Waals surface area contributed by atoms with Gasteiger partial charge >= 0.3 is 0 Å². The van der Waals surface area contributed by atoms with Crippen LogP contribution in [0.1, 0.15) is 5.56 Å². The summed E-state index contributed by atoms with van der Waals surface area (Å²) in [6, 6.07) is 11.1. The first-order valence-corrected chi connectivity index (χ1v) is 5.89. The van der Waals surface area contributed by atoms with Gasteiger partial charge in [-0.1, -0.05) is 12.1 Å². The number of pyridine rings is 1. The van der Waals surface area contributed by atoms with Crippen LogP contribution < -0.4 is 5.56 Å². The number of aromatic nitrogens is 2. The lowest BCUT2D eigenvalue weighted by molar-refractivity contribution is 0.628. The highest BCUT2D eigenvalue weighted by atomic mass is 19.1. The maximum atomic E-state index is 13.2. The summed E-state index contributed by atoms with van der Waals surface area (Å²) < 4.78 is 14.7. The van der Waals surface area contributed by atoms with Gasteiger partial charge in [-0.15, -0.1) is 0 Å². The van der Waals surface area contributed by atoms with Gasteiger partial charge in [0.25, 0.3) is 5.56 Å². The van der Waals surface area contributed by atoms with Crippen LogP contribution in [0.3, 0.4) is 0 Å². The van der Waals surface area contributed by atoms with Gasteiger partial charge in [0.1, 0.15) is 11.5 Å². The molecule has 0 aliphatic carbocycles. The molecule has 19 heavy (non-hydrogen) atoms. The van der Waals surface area contributed by atoms with E-state index in [-0.39, 0.29) is 11.4 Å². The molecular weight excluding hydrogens is 243 g/mol. The molecule has 2 aromatic heterocycles. The maximum absolute atomic E-state index is 13.2. The first-order valence-electron chi connectivity index (χ1n) is 5.89. The SMILES string of the molecule is Cc1ccn2c(=O)cc(-c3cccc(F)c3)nc2c1. The molecule has 0 atom stereocenters. The lowest BCUT2D eigenvalue weighted by atomic mass is 10.1. The van der Waals surface area contributed by atoms with Gasteiger partial charge in [-0.25, -0.2) is 9.37 Å². The molecule has 0 aliphatic rings. The molecule has 0 N–H and O–H groups in total. The second-order valence-electron chi connectivity index (χ2n) is 4.42. The van der Waals surface area contributed by atoms with E-state index >= 15 is 0 Å². The molecule has 0 fully saturated rings. The minimum Gasteiger partial charge on any atom is -0.269 e. The first-order chi connectivity index (χ1) is 9.13. The summed E-state index contributed by atoms with van der Waals surface area (Å²) in [7, 11) is 0. The van der Waals surface area contributed by atoms with Crippen LogP contribution in [0.15, 0.2) is 53.5 Å². The molecule has 3 nitrogen and oxygen atoms in total. The van der Waals surface area contributed by atoms with Crippen molar-refractivity contribution in [3.63, 3.8) is 0 Å². The minimum absolute atomic E-state index is 0.177. The number of hydrogen-bond acceptors (Lipinski definition) is 2. The standard InChI is InChI=1S/C15H11FN2O/c1-10-5-6-18-14(7-10)17-13(9-15(18)19)11-3-2-4-12(16)8-11/h2-9H,1H3. The second kappa shape index (κ2) is 4.31. The first kappa shape index (κ1) is 11.6. The zero-order valence-corrected chi connectivity index (χ0v) is 10.3. The monoisotopic (exact) mass is 254 g/mol. The van der Waals surface area contributed by atoms with Crippen LogP contribution in [0.2, 0.25) is 0 Å². The minimum atomic E-state index is -0.344. The number of hydrogen-bond donors (Lipinski definition) is 0. The van der Waals surface area contributed by atoms with Gasteiger partial charge in [0.15, 0.2) is 0 Å². The van der Waals surface area contributed by atoms with Crippen molar-refractivity contribution >= 4 is 5.65 Å². The molecular formula is C15H11FN2O. The molecule has 4 heteroatoms. The van der Waals surface area contributed by atoms with Crippen LogP contribution in [-0.2, 0) is 0 Å². The maximum Gasteiger partial charge on any atom is 0.258 e. The third-order valence-corrected chi connectivity index (χ3v) is 2.94. The largest absolute Gasteiger partial charge is 0.269 e. The summed E-state index contributed by atoms with van der Waals surface area (Å²) in [4.78, 5) is 16.4. The Hall–Kier alpha value is -2.49. The Kier molecular flexibility index (Phi) is 2.63. The van der Waals surface area contributed by atoms with Crippen molar-refractivity contribution in [2.24, 2.45) is 0 Å². The summed E-state index contributed by atoms with van der Waals surface area (Å²) in [5.41, 5.74) is 2.48. The third kappa shape index (κ3) is 2.12. The third-order valence-electron chi connectivity index (χ3n) is 2.94. The van der Waals surface area contributed by atoms with E-state index in [1.807, 2.05) is 19.1 Å². The van der Waals surface area contributed by atoms with E-state index in [9.17, 15) is 9.18 Å². The van der Waals surface area contributed by atoms with Gasteiger partial charge in [0.05, 0.1) is 5.69 Å². The number of halogens is 1. The molecule has 0 amide bonds. The van der Waals surface area contributed by atoms with Crippen LogP contribution in [-0.4, -0.2) is 9.38 Å². The Morgan fingerprint density at radius 1 is 1.16 bits per heavy atom. The normalized spacial score (nSPS) is 10.8. The average molecular weight is 254 g/mol. The molecule has 3 aromatic rings. The van der Waals surface area contributed by atoms with Gasteiger partial charge in [0, 0.05) is 17.8 Å². The molecule has 94 valence electrons. The van der Waals surface area contributed by atoms with Crippen LogP contribution in [0.25, 0.3) is 16.9 Å². The summed E-state index contributed by atoms with van der Waals surface area (Å²) in [5.74, 6) is -0.344. The topological polar surface area (TPSA) is 34.4 Å². The zero-order chi connectivity index (χ0) is 13.4. The average Bonchev–Trinajstić information content (AvgIpc) is 2.38. The Balaban J connectivity index is 2.28. The smallest absolute Gasteiger partial charge is 0.258 e. The summed E-state index contributed by atoms with van der Waals surface area (Å²) in [6.07, 6.45) is 1.69. The molecule has 0 bridgehead atoms. The van der Waals surface area contributed by atoms with E-state index in [1.165, 1.54) is 22.6 Å². The van der Waals surface area contributed by atoms with E-state index in [4.69, 9.17) is 0 Å². The molecule has 0 spiro atoms. The van der Waals surface area contributed by atoms with Crippen molar-refractivity contribution in [3.8, 4) is 11.3 Å². The van der Waals surface area contributed by atoms with Gasteiger partial charge in [-0.2, -0.15) is 0 Å². The predicted octanol–water partition coefficient (Wildman–Crippen LogP) is 2.81. The molecule has 0 radical (unpaired) electrons. The van der Waals surface area contributed by atoms with Crippen LogP contribution in [0.5, 0.6) is 0 Å². The Morgan fingerprint density at radius 2 is 2.00 bits per heavy atom. The molecule has 3 rings (SSSR count). The molecule has 0 saturated heterocycles. The van der Waals surface area contributed by atoms with E-state index in [0.717, 1.165) is 5.56 Å². The van der Waals surface area contributed by atoms with Crippen molar-refractivity contribution in [1.29, 1.82) is 0 Å². The highest BCUT2D eigenvalue weighted by molar-refractivity contribution is 5.61. The van der Waals surface area contributed by atoms with Crippen molar-refractivity contribution in [1.82, 2.24) is 9.38 Å². The summed E-state index contributed by atoms with van der Waals surface area (Å²) in [6.45, 7) is 1.93. The van der Waals surface area contributed by atoms with E-state index in [0.29, 0.717) is 16.9 Å². The zero-order valence-electron chi connectivity index (χ0n) is 10.3. The van der Waals surface area contributed by atoms with Gasteiger partial charge in [0.2, 0.25) is 0 Å². The quantitative estimate of drug-likeness (QED) is 0.669. The van der Waals surface area contributed by atoms with Crippen molar-refractivity contribution in [2.45, 2.75) is 6.92 Å². The van der Waals surface area contributed by atoms with Gasteiger partial charge < -0.3 is 0 Å². The van der Waals surface area contributed by atoms with Crippen molar-refractivity contribution < 1.29 is 4.39 Å². The molecule has 0 aliphatic heterocycles. The Labute approximate surface area is 109 Å². The fourth-order valence-corrected chi connectivity index (χ4v) is 2.00. The number of benzene rings is 1. The number of fused-ring (bicyclic) bond motifs is 1. The van der Waals surface area contributed by atoms with Gasteiger partial charge in [-0.3, -0.25) is 9.20 Å². The molecule has 1 aromatic carbocycles. The highest BCUT2D eigenvalue weighted by Gasteiger charge is 2.05.